The average Bonchev–Trinajstić information content (AvgIpc) is 2.82. The van der Waals surface area contributed by atoms with Crippen molar-refractivity contribution in [3.63, 3.8) is 0 Å². The number of hydrogen-bond acceptors (Lipinski definition) is 5. The molecule has 0 bridgehead atoms. The van der Waals surface area contributed by atoms with Gasteiger partial charge in [-0.15, -0.1) is 0 Å². The fraction of sp³-hybridized carbons (Fsp3) is 0.786. The summed E-state index contributed by atoms with van der Waals surface area (Å²) in [6, 6.07) is 0. The molecule has 1 aromatic heterocycles. The number of aliphatic hydroxyl groups excluding tert-OH is 1. The summed E-state index contributed by atoms with van der Waals surface area (Å²) in [5.74, 6) is 1.18. The fourth-order valence-corrected chi connectivity index (χ4v) is 1.75. The average molecular weight is 283 g/mol. The molecule has 20 heavy (non-hydrogen) atoms. The number of amides is 1. The van der Waals surface area contributed by atoms with Gasteiger partial charge in [-0.3, -0.25) is 4.79 Å². The number of hydrogen-bond donors (Lipinski definition) is 2. The van der Waals surface area contributed by atoms with Crippen molar-refractivity contribution < 1.29 is 14.4 Å². The third kappa shape index (κ3) is 6.14. The molecule has 0 aliphatic heterocycles. The fourth-order valence-electron chi connectivity index (χ4n) is 1.75. The van der Waals surface area contributed by atoms with Crippen molar-refractivity contribution in [1.82, 2.24) is 15.5 Å². The summed E-state index contributed by atoms with van der Waals surface area (Å²) in [6.45, 7) is 6.76. The molecular weight excluding hydrogens is 258 g/mol. The molecule has 0 unspecified atom stereocenters. The van der Waals surface area contributed by atoms with Gasteiger partial charge < -0.3 is 14.9 Å². The molecule has 0 fully saturated rings. The summed E-state index contributed by atoms with van der Waals surface area (Å²) in [5, 5.41) is 15.6. The third-order valence-electron chi connectivity index (χ3n) is 3.10. The minimum absolute atomic E-state index is 0.0359. The van der Waals surface area contributed by atoms with Gasteiger partial charge in [-0.2, -0.15) is 4.98 Å². The maximum Gasteiger partial charge on any atom is 0.227 e. The molecule has 1 rings (SSSR count). The number of carbonyl (C=O) groups excluding carboxylic acids is 1. The summed E-state index contributed by atoms with van der Waals surface area (Å²) in [4.78, 5) is 16.0. The Morgan fingerprint density at radius 1 is 1.40 bits per heavy atom. The van der Waals surface area contributed by atoms with Crippen LogP contribution in [0.15, 0.2) is 4.52 Å². The van der Waals surface area contributed by atoms with Crippen LogP contribution in [0.25, 0.3) is 0 Å². The van der Waals surface area contributed by atoms with E-state index in [9.17, 15) is 4.79 Å². The lowest BCUT2D eigenvalue weighted by atomic mass is 9.90. The molecule has 114 valence electrons. The van der Waals surface area contributed by atoms with E-state index >= 15 is 0 Å². The van der Waals surface area contributed by atoms with E-state index < -0.39 is 0 Å². The molecule has 1 amide bonds. The molecule has 6 nitrogen and oxygen atoms in total. The number of rotatable bonds is 9. The molecule has 0 radical (unpaired) electrons. The summed E-state index contributed by atoms with van der Waals surface area (Å²) in [7, 11) is 0. The van der Waals surface area contributed by atoms with Crippen molar-refractivity contribution in [2.24, 2.45) is 5.41 Å². The van der Waals surface area contributed by atoms with E-state index in [0.29, 0.717) is 37.5 Å². The van der Waals surface area contributed by atoms with Gasteiger partial charge in [0.25, 0.3) is 0 Å². The Balaban J connectivity index is 2.28. The van der Waals surface area contributed by atoms with Gasteiger partial charge in [-0.1, -0.05) is 25.9 Å². The Labute approximate surface area is 120 Å². The van der Waals surface area contributed by atoms with Crippen molar-refractivity contribution in [2.75, 3.05) is 13.2 Å². The van der Waals surface area contributed by atoms with Crippen molar-refractivity contribution >= 4 is 5.91 Å². The summed E-state index contributed by atoms with van der Waals surface area (Å²) in [5.41, 5.74) is -0.0941. The Morgan fingerprint density at radius 2 is 2.15 bits per heavy atom. The van der Waals surface area contributed by atoms with Crippen LogP contribution in [0, 0.1) is 5.41 Å². The standard InChI is InChI=1S/C14H25N3O3/c1-4-5-11-16-13(20-17-11)7-6-12(19)15-10-14(2,3)8-9-18/h18H,4-10H2,1-3H3,(H,15,19). The number of aryl methyl sites for hydroxylation is 2. The molecule has 2 N–H and O–H groups in total. The highest BCUT2D eigenvalue weighted by Crippen LogP contribution is 2.17. The topological polar surface area (TPSA) is 88.2 Å². The number of nitrogens with one attached hydrogen (secondary N) is 1. The van der Waals surface area contributed by atoms with E-state index in [4.69, 9.17) is 9.63 Å². The van der Waals surface area contributed by atoms with Crippen molar-refractivity contribution in [3.8, 4) is 0 Å². The molecule has 0 spiro atoms. The van der Waals surface area contributed by atoms with Crippen LogP contribution in [0.4, 0.5) is 0 Å². The molecule has 0 saturated heterocycles. The molecule has 1 aromatic rings. The zero-order valence-corrected chi connectivity index (χ0v) is 12.6. The van der Waals surface area contributed by atoms with Gasteiger partial charge in [0.15, 0.2) is 5.82 Å². The Morgan fingerprint density at radius 3 is 2.80 bits per heavy atom. The van der Waals surface area contributed by atoms with Crippen molar-refractivity contribution in [2.45, 2.75) is 52.9 Å². The Bertz CT molecular complexity index is 416. The second kappa shape index (κ2) is 7.99. The summed E-state index contributed by atoms with van der Waals surface area (Å²) < 4.78 is 5.08. The Kier molecular flexibility index (Phi) is 6.64. The smallest absolute Gasteiger partial charge is 0.227 e. The molecule has 0 saturated carbocycles. The number of aliphatic hydroxyl groups is 1. The Hall–Kier alpha value is -1.43. The second-order valence-electron chi connectivity index (χ2n) is 5.77. The molecule has 0 atom stereocenters. The number of nitrogens with zero attached hydrogens (tertiary/aromatic N) is 2. The number of carbonyl (C=O) groups is 1. The highest BCUT2D eigenvalue weighted by molar-refractivity contribution is 5.76. The van der Waals surface area contributed by atoms with Gasteiger partial charge in [-0.25, -0.2) is 0 Å². The van der Waals surface area contributed by atoms with Gasteiger partial charge in [0.1, 0.15) is 0 Å². The predicted molar refractivity (Wildman–Crippen MR) is 75.1 cm³/mol. The van der Waals surface area contributed by atoms with Crippen LogP contribution in [0.5, 0.6) is 0 Å². The zero-order chi connectivity index (χ0) is 15.0. The lowest BCUT2D eigenvalue weighted by molar-refractivity contribution is -0.121. The largest absolute Gasteiger partial charge is 0.396 e. The highest BCUT2D eigenvalue weighted by atomic mass is 16.5. The minimum Gasteiger partial charge on any atom is -0.396 e. The van der Waals surface area contributed by atoms with E-state index in [-0.39, 0.29) is 17.9 Å². The van der Waals surface area contributed by atoms with E-state index in [0.717, 1.165) is 12.8 Å². The monoisotopic (exact) mass is 283 g/mol. The third-order valence-corrected chi connectivity index (χ3v) is 3.10. The van der Waals surface area contributed by atoms with Crippen LogP contribution in [0.3, 0.4) is 0 Å². The van der Waals surface area contributed by atoms with Crippen LogP contribution in [0.1, 0.15) is 51.7 Å². The molecule has 0 aliphatic carbocycles. The molecule has 0 aliphatic rings. The normalized spacial score (nSPS) is 11.6. The zero-order valence-electron chi connectivity index (χ0n) is 12.6. The lowest BCUT2D eigenvalue weighted by Crippen LogP contribution is -2.34. The van der Waals surface area contributed by atoms with E-state index in [1.54, 1.807) is 0 Å². The van der Waals surface area contributed by atoms with Crippen LogP contribution < -0.4 is 5.32 Å². The van der Waals surface area contributed by atoms with Crippen LogP contribution in [0.2, 0.25) is 0 Å². The summed E-state index contributed by atoms with van der Waals surface area (Å²) >= 11 is 0. The first-order valence-corrected chi connectivity index (χ1v) is 7.16. The van der Waals surface area contributed by atoms with Gasteiger partial charge in [-0.05, 0) is 18.3 Å². The van der Waals surface area contributed by atoms with Gasteiger partial charge in [0.2, 0.25) is 11.8 Å². The second-order valence-corrected chi connectivity index (χ2v) is 5.77. The first kappa shape index (κ1) is 16.6. The molecule has 1 heterocycles. The van der Waals surface area contributed by atoms with Crippen molar-refractivity contribution in [3.05, 3.63) is 11.7 Å². The first-order valence-electron chi connectivity index (χ1n) is 7.16. The van der Waals surface area contributed by atoms with Gasteiger partial charge in [0.05, 0.1) is 0 Å². The van der Waals surface area contributed by atoms with Crippen LogP contribution >= 0.6 is 0 Å². The molecule has 6 heteroatoms. The minimum atomic E-state index is -0.0941. The van der Waals surface area contributed by atoms with Crippen LogP contribution in [-0.4, -0.2) is 34.3 Å². The van der Waals surface area contributed by atoms with Gasteiger partial charge in [0, 0.05) is 32.4 Å². The predicted octanol–water partition coefficient (Wildman–Crippen LogP) is 1.48. The first-order chi connectivity index (χ1) is 9.46. The maximum absolute atomic E-state index is 11.7. The lowest BCUT2D eigenvalue weighted by Gasteiger charge is -2.23. The quantitative estimate of drug-likeness (QED) is 0.716. The van der Waals surface area contributed by atoms with Crippen LogP contribution in [-0.2, 0) is 17.6 Å². The maximum atomic E-state index is 11.7. The van der Waals surface area contributed by atoms with Crippen molar-refractivity contribution in [1.29, 1.82) is 0 Å². The highest BCUT2D eigenvalue weighted by Gasteiger charge is 2.18. The van der Waals surface area contributed by atoms with E-state index in [1.165, 1.54) is 0 Å². The summed E-state index contributed by atoms with van der Waals surface area (Å²) in [6.07, 6.45) is 3.23. The molecule has 0 aromatic carbocycles. The SMILES string of the molecule is CCCc1noc(CCC(=O)NCC(C)(C)CCO)n1. The van der Waals surface area contributed by atoms with E-state index in [2.05, 4.69) is 22.4 Å². The van der Waals surface area contributed by atoms with Gasteiger partial charge >= 0.3 is 0 Å². The van der Waals surface area contributed by atoms with E-state index in [1.807, 2.05) is 13.8 Å². The number of aromatic nitrogens is 2. The molecular formula is C14H25N3O3.